The van der Waals surface area contributed by atoms with Gasteiger partial charge in [-0.1, -0.05) is 30.0 Å². The Labute approximate surface area is 171 Å². The van der Waals surface area contributed by atoms with Crippen LogP contribution >= 0.6 is 24.0 Å². The fourth-order valence-electron chi connectivity index (χ4n) is 4.39. The highest BCUT2D eigenvalue weighted by Gasteiger charge is 2.36. The van der Waals surface area contributed by atoms with Gasteiger partial charge in [0.15, 0.2) is 0 Å². The zero-order chi connectivity index (χ0) is 19.3. The predicted molar refractivity (Wildman–Crippen MR) is 111 cm³/mol. The Morgan fingerprint density at radius 2 is 2.07 bits per heavy atom. The number of fused-ring (bicyclic) bond motifs is 4. The lowest BCUT2D eigenvalue weighted by Crippen LogP contribution is -2.45. The molecule has 2 aromatic rings. The van der Waals surface area contributed by atoms with Crippen LogP contribution in [0.1, 0.15) is 23.8 Å². The molecule has 3 aliphatic rings. The summed E-state index contributed by atoms with van der Waals surface area (Å²) in [7, 11) is 0. The average molecular weight is 414 g/mol. The van der Waals surface area contributed by atoms with Gasteiger partial charge in [-0.2, -0.15) is 0 Å². The van der Waals surface area contributed by atoms with E-state index in [9.17, 15) is 9.59 Å². The summed E-state index contributed by atoms with van der Waals surface area (Å²) in [6, 6.07) is 9.17. The third-order valence-corrected chi connectivity index (χ3v) is 6.94. The van der Waals surface area contributed by atoms with Crippen molar-refractivity contribution >= 4 is 34.2 Å². The number of thiocarbonyl (C=S) groups is 1. The number of furan rings is 1. The molecule has 2 fully saturated rings. The number of pyridine rings is 1. The monoisotopic (exact) mass is 413 g/mol. The van der Waals surface area contributed by atoms with E-state index < -0.39 is 0 Å². The number of hydrogen-bond donors (Lipinski definition) is 0. The van der Waals surface area contributed by atoms with Crippen molar-refractivity contribution < 1.29 is 9.21 Å². The molecule has 2 bridgehead atoms. The Morgan fingerprint density at radius 1 is 1.18 bits per heavy atom. The first-order valence-electron chi connectivity index (χ1n) is 9.30. The van der Waals surface area contributed by atoms with Crippen LogP contribution in [0.25, 0.3) is 0 Å². The zero-order valence-electron chi connectivity index (χ0n) is 15.1. The predicted octanol–water partition coefficient (Wildman–Crippen LogP) is 2.76. The highest BCUT2D eigenvalue weighted by molar-refractivity contribution is 8.26. The van der Waals surface area contributed by atoms with Crippen molar-refractivity contribution in [1.29, 1.82) is 0 Å². The van der Waals surface area contributed by atoms with Crippen LogP contribution in [0.4, 0.5) is 0 Å². The Hall–Kier alpha value is -2.32. The van der Waals surface area contributed by atoms with E-state index in [2.05, 4.69) is 11.0 Å². The molecule has 2 aromatic heterocycles. The summed E-state index contributed by atoms with van der Waals surface area (Å²) in [4.78, 5) is 29.5. The molecule has 5 heterocycles. The number of hydrogen-bond acceptors (Lipinski definition) is 6. The third-order valence-electron chi connectivity index (χ3n) is 5.58. The lowest BCUT2D eigenvalue weighted by atomic mass is 9.83. The highest BCUT2D eigenvalue weighted by Crippen LogP contribution is 2.37. The molecule has 0 spiro atoms. The number of amides is 1. The minimum Gasteiger partial charge on any atom is -0.467 e. The van der Waals surface area contributed by atoms with Crippen LogP contribution in [0.5, 0.6) is 0 Å². The van der Waals surface area contributed by atoms with Crippen LogP contribution in [0.2, 0.25) is 0 Å². The van der Waals surface area contributed by atoms with Gasteiger partial charge >= 0.3 is 0 Å². The molecule has 0 saturated carbocycles. The lowest BCUT2D eigenvalue weighted by Gasteiger charge is -2.42. The fraction of sp³-hybridized carbons (Fsp3) is 0.350. The lowest BCUT2D eigenvalue weighted by molar-refractivity contribution is -0.122. The first kappa shape index (κ1) is 17.8. The fourth-order valence-corrected chi connectivity index (χ4v) is 5.65. The van der Waals surface area contributed by atoms with Gasteiger partial charge in [-0.05, 0) is 30.5 Å². The standard InChI is InChI=1S/C20H19N3O3S2/c24-18-5-1-4-16-14-7-13(9-22(16)18)8-21(10-14)12-17-19(25)23(20(27)28-17)11-15-3-2-6-26-15/h1-6,12-14H,7-11H2/b17-12-/t13-,14+/m0/s1. The molecule has 28 heavy (non-hydrogen) atoms. The molecule has 6 nitrogen and oxygen atoms in total. The van der Waals surface area contributed by atoms with Crippen molar-refractivity contribution in [2.75, 3.05) is 13.1 Å². The van der Waals surface area contributed by atoms with Gasteiger partial charge in [-0.15, -0.1) is 0 Å². The van der Waals surface area contributed by atoms with E-state index >= 15 is 0 Å². The quantitative estimate of drug-likeness (QED) is 0.570. The maximum atomic E-state index is 12.8. The highest BCUT2D eigenvalue weighted by atomic mass is 32.2. The minimum absolute atomic E-state index is 0.0706. The number of rotatable bonds is 3. The van der Waals surface area contributed by atoms with E-state index in [1.165, 1.54) is 11.8 Å². The van der Waals surface area contributed by atoms with Gasteiger partial charge in [0.25, 0.3) is 11.5 Å². The Bertz CT molecular complexity index is 1030. The van der Waals surface area contributed by atoms with Gasteiger partial charge < -0.3 is 13.9 Å². The molecule has 3 aliphatic heterocycles. The molecule has 0 radical (unpaired) electrons. The molecule has 0 unspecified atom stereocenters. The number of thioether (sulfide) groups is 1. The number of likely N-dealkylation sites (tertiary alicyclic amines) is 1. The van der Waals surface area contributed by atoms with Crippen LogP contribution in [-0.2, 0) is 17.9 Å². The van der Waals surface area contributed by atoms with Crippen molar-refractivity contribution in [2.24, 2.45) is 5.92 Å². The van der Waals surface area contributed by atoms with Crippen LogP contribution in [-0.4, -0.2) is 37.7 Å². The van der Waals surface area contributed by atoms with Crippen LogP contribution in [0.3, 0.4) is 0 Å². The molecule has 2 saturated heterocycles. The van der Waals surface area contributed by atoms with Crippen molar-refractivity contribution in [3.8, 4) is 0 Å². The first-order chi connectivity index (χ1) is 13.6. The molecular formula is C20H19N3O3S2. The van der Waals surface area contributed by atoms with Crippen LogP contribution < -0.4 is 5.56 Å². The number of carbonyl (C=O) groups excluding carboxylic acids is 1. The maximum absolute atomic E-state index is 12.8. The van der Waals surface area contributed by atoms with E-state index in [-0.39, 0.29) is 11.5 Å². The molecule has 2 atom stereocenters. The zero-order valence-corrected chi connectivity index (χ0v) is 16.7. The van der Waals surface area contributed by atoms with Crippen LogP contribution in [0.15, 0.2) is 56.9 Å². The summed E-state index contributed by atoms with van der Waals surface area (Å²) in [6.07, 6.45) is 4.64. The molecule has 144 valence electrons. The summed E-state index contributed by atoms with van der Waals surface area (Å²) in [5, 5.41) is 0. The molecular weight excluding hydrogens is 394 g/mol. The number of piperidine rings is 1. The minimum atomic E-state index is -0.0706. The van der Waals surface area contributed by atoms with Crippen molar-refractivity contribution in [3.05, 3.63) is 69.5 Å². The summed E-state index contributed by atoms with van der Waals surface area (Å²) in [5.74, 6) is 1.37. The molecule has 5 rings (SSSR count). The Kier molecular flexibility index (Phi) is 4.40. The molecule has 0 N–H and O–H groups in total. The largest absolute Gasteiger partial charge is 0.467 e. The second-order valence-electron chi connectivity index (χ2n) is 7.48. The SMILES string of the molecule is O=C1/C(=C/N2C[C@@H]3C[C@H](C2)c2cccc(=O)n2C3)SC(=S)N1Cc1ccco1. The second-order valence-corrected chi connectivity index (χ2v) is 9.16. The summed E-state index contributed by atoms with van der Waals surface area (Å²) >= 11 is 6.75. The van der Waals surface area contributed by atoms with E-state index in [4.69, 9.17) is 16.6 Å². The van der Waals surface area contributed by atoms with Gasteiger partial charge in [-0.25, -0.2) is 0 Å². The molecule has 0 aromatic carbocycles. The van der Waals surface area contributed by atoms with Gasteiger partial charge in [0.2, 0.25) is 0 Å². The second kappa shape index (κ2) is 6.93. The van der Waals surface area contributed by atoms with Gasteiger partial charge in [-0.3, -0.25) is 14.5 Å². The van der Waals surface area contributed by atoms with Crippen molar-refractivity contribution in [1.82, 2.24) is 14.4 Å². The maximum Gasteiger partial charge on any atom is 0.268 e. The molecule has 0 aliphatic carbocycles. The van der Waals surface area contributed by atoms with Crippen molar-refractivity contribution in [2.45, 2.75) is 25.4 Å². The Balaban J connectivity index is 1.35. The van der Waals surface area contributed by atoms with Crippen LogP contribution in [0, 0.1) is 5.92 Å². The number of nitrogens with zero attached hydrogens (tertiary/aromatic N) is 3. The summed E-state index contributed by atoms with van der Waals surface area (Å²) in [6.45, 7) is 2.76. The van der Waals surface area contributed by atoms with Gasteiger partial charge in [0.1, 0.15) is 10.1 Å². The topological polar surface area (TPSA) is 58.7 Å². The summed E-state index contributed by atoms with van der Waals surface area (Å²) in [5.41, 5.74) is 1.19. The number of aromatic nitrogens is 1. The number of carbonyl (C=O) groups is 1. The third kappa shape index (κ3) is 3.10. The van der Waals surface area contributed by atoms with E-state index in [1.807, 2.05) is 22.9 Å². The van der Waals surface area contributed by atoms with E-state index in [1.54, 1.807) is 23.3 Å². The first-order valence-corrected chi connectivity index (χ1v) is 10.5. The average Bonchev–Trinajstić information content (AvgIpc) is 3.27. The summed E-state index contributed by atoms with van der Waals surface area (Å²) < 4.78 is 7.82. The normalized spacial score (nSPS) is 25.5. The molecule has 1 amide bonds. The smallest absolute Gasteiger partial charge is 0.268 e. The molecule has 8 heteroatoms. The van der Waals surface area contributed by atoms with E-state index in [0.717, 1.165) is 31.7 Å². The van der Waals surface area contributed by atoms with Gasteiger partial charge in [0.05, 0.1) is 17.7 Å². The van der Waals surface area contributed by atoms with Gasteiger partial charge in [0, 0.05) is 43.5 Å². The van der Waals surface area contributed by atoms with E-state index in [0.29, 0.717) is 33.4 Å². The Morgan fingerprint density at radius 3 is 2.89 bits per heavy atom. The van der Waals surface area contributed by atoms with Crippen molar-refractivity contribution in [3.63, 3.8) is 0 Å².